The van der Waals surface area contributed by atoms with Gasteiger partial charge in [-0.05, 0) is 54.8 Å². The predicted octanol–water partition coefficient (Wildman–Crippen LogP) is 4.15. The highest BCUT2D eigenvalue weighted by molar-refractivity contribution is 9.10. The number of carbonyl (C=O) groups is 2. The lowest BCUT2D eigenvalue weighted by Crippen LogP contribution is -2.13. The number of amides is 1. The Kier molecular flexibility index (Phi) is 4.76. The summed E-state index contributed by atoms with van der Waals surface area (Å²) in [6, 6.07) is 14.4. The Bertz CT molecular complexity index is 706. The van der Waals surface area contributed by atoms with Gasteiger partial charge in [-0.15, -0.1) is 0 Å². The normalized spacial score (nSPS) is 13.4. The molecule has 0 aromatic heterocycles. The Balaban J connectivity index is 1.54. The third-order valence-corrected chi connectivity index (χ3v) is 4.15. The first kappa shape index (κ1) is 15.7. The highest BCUT2D eigenvalue weighted by Gasteiger charge is 2.29. The number of nitrogens with one attached hydrogen (secondary N) is 1. The molecule has 118 valence electrons. The van der Waals surface area contributed by atoms with Gasteiger partial charge in [0.05, 0.1) is 5.56 Å². The minimum absolute atomic E-state index is 0.0514. The van der Waals surface area contributed by atoms with Gasteiger partial charge in [0, 0.05) is 16.1 Å². The Morgan fingerprint density at radius 2 is 1.70 bits per heavy atom. The molecule has 1 N–H and O–H groups in total. The van der Waals surface area contributed by atoms with Crippen LogP contribution in [0.4, 0.5) is 5.69 Å². The SMILES string of the molecule is O=C(OCc1ccc(Br)cc1)c1ccc(NC(=O)C2CC2)cc1. The summed E-state index contributed by atoms with van der Waals surface area (Å²) in [5.74, 6) is -0.172. The molecule has 3 rings (SSSR count). The second-order valence-corrected chi connectivity index (χ2v) is 6.46. The van der Waals surface area contributed by atoms with Gasteiger partial charge >= 0.3 is 5.97 Å². The Hall–Kier alpha value is -2.14. The maximum atomic E-state index is 12.0. The van der Waals surface area contributed by atoms with Crippen LogP contribution in [0.2, 0.25) is 0 Å². The summed E-state index contributed by atoms with van der Waals surface area (Å²) in [7, 11) is 0. The van der Waals surface area contributed by atoms with E-state index in [-0.39, 0.29) is 24.4 Å². The lowest BCUT2D eigenvalue weighted by molar-refractivity contribution is -0.117. The van der Waals surface area contributed by atoms with E-state index in [9.17, 15) is 9.59 Å². The largest absolute Gasteiger partial charge is 0.457 e. The average Bonchev–Trinajstić information content (AvgIpc) is 3.40. The van der Waals surface area contributed by atoms with E-state index in [0.717, 1.165) is 22.9 Å². The van der Waals surface area contributed by atoms with E-state index < -0.39 is 0 Å². The summed E-state index contributed by atoms with van der Waals surface area (Å²) < 4.78 is 6.26. The maximum Gasteiger partial charge on any atom is 0.338 e. The smallest absolute Gasteiger partial charge is 0.338 e. The minimum atomic E-state index is -0.381. The van der Waals surface area contributed by atoms with Crippen molar-refractivity contribution in [2.45, 2.75) is 19.4 Å². The molecule has 4 nitrogen and oxygen atoms in total. The van der Waals surface area contributed by atoms with E-state index in [0.29, 0.717) is 11.3 Å². The highest BCUT2D eigenvalue weighted by Crippen LogP contribution is 2.30. The molecule has 0 atom stereocenters. The molecular formula is C18H16BrNO3. The van der Waals surface area contributed by atoms with Gasteiger partial charge in [-0.25, -0.2) is 4.79 Å². The maximum absolute atomic E-state index is 12.0. The summed E-state index contributed by atoms with van der Waals surface area (Å²) >= 11 is 3.36. The summed E-state index contributed by atoms with van der Waals surface area (Å²) in [5.41, 5.74) is 2.09. The number of rotatable bonds is 5. The first-order valence-electron chi connectivity index (χ1n) is 7.44. The van der Waals surface area contributed by atoms with Crippen molar-refractivity contribution in [2.75, 3.05) is 5.32 Å². The molecule has 0 unspecified atom stereocenters. The predicted molar refractivity (Wildman–Crippen MR) is 91.1 cm³/mol. The van der Waals surface area contributed by atoms with Crippen LogP contribution in [0.15, 0.2) is 53.0 Å². The summed E-state index contributed by atoms with van der Waals surface area (Å²) in [5, 5.41) is 2.84. The van der Waals surface area contributed by atoms with Crippen LogP contribution in [0.25, 0.3) is 0 Å². The molecule has 0 radical (unpaired) electrons. The first-order chi connectivity index (χ1) is 11.1. The van der Waals surface area contributed by atoms with Crippen LogP contribution in [0.1, 0.15) is 28.8 Å². The van der Waals surface area contributed by atoms with Crippen LogP contribution in [-0.2, 0) is 16.1 Å². The van der Waals surface area contributed by atoms with Gasteiger partial charge in [0.25, 0.3) is 0 Å². The monoisotopic (exact) mass is 373 g/mol. The molecular weight excluding hydrogens is 358 g/mol. The van der Waals surface area contributed by atoms with E-state index >= 15 is 0 Å². The van der Waals surface area contributed by atoms with Crippen molar-refractivity contribution >= 4 is 33.5 Å². The van der Waals surface area contributed by atoms with Crippen molar-refractivity contribution in [3.63, 3.8) is 0 Å². The molecule has 1 aliphatic carbocycles. The van der Waals surface area contributed by atoms with E-state index in [1.54, 1.807) is 24.3 Å². The van der Waals surface area contributed by atoms with Crippen molar-refractivity contribution in [1.29, 1.82) is 0 Å². The number of benzene rings is 2. The fourth-order valence-electron chi connectivity index (χ4n) is 2.09. The van der Waals surface area contributed by atoms with Gasteiger partial charge in [0.1, 0.15) is 6.61 Å². The fourth-order valence-corrected chi connectivity index (χ4v) is 2.36. The van der Waals surface area contributed by atoms with Crippen molar-refractivity contribution in [3.8, 4) is 0 Å². The van der Waals surface area contributed by atoms with E-state index in [1.165, 1.54) is 0 Å². The van der Waals surface area contributed by atoms with Crippen molar-refractivity contribution < 1.29 is 14.3 Å². The van der Waals surface area contributed by atoms with Crippen LogP contribution in [0.5, 0.6) is 0 Å². The zero-order chi connectivity index (χ0) is 16.2. The first-order valence-corrected chi connectivity index (χ1v) is 8.23. The van der Waals surface area contributed by atoms with E-state index in [4.69, 9.17) is 4.74 Å². The van der Waals surface area contributed by atoms with Gasteiger partial charge in [-0.1, -0.05) is 28.1 Å². The molecule has 1 aliphatic rings. The third-order valence-electron chi connectivity index (χ3n) is 3.62. The number of anilines is 1. The van der Waals surface area contributed by atoms with Gasteiger partial charge in [0.2, 0.25) is 5.91 Å². The number of esters is 1. The second kappa shape index (κ2) is 6.96. The number of ether oxygens (including phenoxy) is 1. The summed E-state index contributed by atoms with van der Waals surface area (Å²) in [6.45, 7) is 0.228. The molecule has 2 aromatic carbocycles. The van der Waals surface area contributed by atoms with Crippen LogP contribution in [-0.4, -0.2) is 11.9 Å². The summed E-state index contributed by atoms with van der Waals surface area (Å²) in [4.78, 5) is 23.7. The molecule has 1 amide bonds. The lowest BCUT2D eigenvalue weighted by Gasteiger charge is -2.07. The lowest BCUT2D eigenvalue weighted by atomic mass is 10.2. The molecule has 2 aromatic rings. The van der Waals surface area contributed by atoms with Gasteiger partial charge < -0.3 is 10.1 Å². The number of halogens is 1. The van der Waals surface area contributed by atoms with Crippen LogP contribution in [0, 0.1) is 5.92 Å². The van der Waals surface area contributed by atoms with Crippen LogP contribution >= 0.6 is 15.9 Å². The third kappa shape index (κ3) is 4.42. The number of hydrogen-bond acceptors (Lipinski definition) is 3. The molecule has 0 spiro atoms. The number of hydrogen-bond donors (Lipinski definition) is 1. The van der Waals surface area contributed by atoms with E-state index in [1.807, 2.05) is 24.3 Å². The molecule has 0 heterocycles. The van der Waals surface area contributed by atoms with E-state index in [2.05, 4.69) is 21.2 Å². The second-order valence-electron chi connectivity index (χ2n) is 5.54. The molecule has 0 aliphatic heterocycles. The zero-order valence-corrected chi connectivity index (χ0v) is 14.0. The van der Waals surface area contributed by atoms with Gasteiger partial charge in [-0.3, -0.25) is 4.79 Å². The zero-order valence-electron chi connectivity index (χ0n) is 12.4. The Morgan fingerprint density at radius 3 is 2.30 bits per heavy atom. The molecule has 1 saturated carbocycles. The fraction of sp³-hybridized carbons (Fsp3) is 0.222. The van der Waals surface area contributed by atoms with Crippen LogP contribution in [0.3, 0.4) is 0 Å². The standard InChI is InChI=1S/C18H16BrNO3/c19-15-7-1-12(2-8-15)11-23-18(22)14-5-9-16(10-6-14)20-17(21)13-3-4-13/h1-2,5-10,13H,3-4,11H2,(H,20,21). The Morgan fingerprint density at radius 1 is 1.04 bits per heavy atom. The quantitative estimate of drug-likeness (QED) is 0.800. The van der Waals surface area contributed by atoms with Gasteiger partial charge in [0.15, 0.2) is 0 Å². The van der Waals surface area contributed by atoms with Crippen molar-refractivity contribution in [1.82, 2.24) is 0 Å². The average molecular weight is 374 g/mol. The molecule has 5 heteroatoms. The molecule has 23 heavy (non-hydrogen) atoms. The number of carbonyl (C=O) groups excluding carboxylic acids is 2. The van der Waals surface area contributed by atoms with Crippen molar-refractivity contribution in [2.24, 2.45) is 5.92 Å². The molecule has 0 bridgehead atoms. The Labute approximate surface area is 143 Å². The van der Waals surface area contributed by atoms with Gasteiger partial charge in [-0.2, -0.15) is 0 Å². The van der Waals surface area contributed by atoms with Crippen molar-refractivity contribution in [3.05, 3.63) is 64.1 Å². The minimum Gasteiger partial charge on any atom is -0.457 e. The summed E-state index contributed by atoms with van der Waals surface area (Å²) in [6.07, 6.45) is 1.93. The molecule has 1 fully saturated rings. The highest BCUT2D eigenvalue weighted by atomic mass is 79.9. The van der Waals surface area contributed by atoms with Crippen LogP contribution < -0.4 is 5.32 Å². The topological polar surface area (TPSA) is 55.4 Å². The molecule has 0 saturated heterocycles.